The lowest BCUT2D eigenvalue weighted by atomic mass is 9.46. The maximum atomic E-state index is 12.8. The summed E-state index contributed by atoms with van der Waals surface area (Å²) in [7, 11) is 0. The normalized spacial score (nSPS) is 30.2. The molecule has 1 aliphatic heterocycles. The maximum absolute atomic E-state index is 12.8. The molecule has 3 atom stereocenters. The average molecular weight is 398 g/mol. The molecular formula is C18H37Cl2N3O2. The molecule has 7 heteroatoms. The molecule has 5 nitrogen and oxygen atoms in total. The van der Waals surface area contributed by atoms with Crippen molar-refractivity contribution in [3.63, 3.8) is 0 Å². The molecule has 0 bridgehead atoms. The van der Waals surface area contributed by atoms with Crippen molar-refractivity contribution in [2.75, 3.05) is 19.7 Å². The fourth-order valence-corrected chi connectivity index (χ4v) is 4.59. The first-order valence-corrected chi connectivity index (χ1v) is 9.08. The fourth-order valence-electron chi connectivity index (χ4n) is 4.59. The summed E-state index contributed by atoms with van der Waals surface area (Å²) in [6.07, 6.45) is 2.11. The second-order valence-corrected chi connectivity index (χ2v) is 8.31. The average Bonchev–Trinajstić information content (AvgIpc) is 2.49. The number of nitrogens with one attached hydrogen (secondary N) is 1. The Morgan fingerprint density at radius 3 is 2.32 bits per heavy atom. The molecule has 1 saturated heterocycles. The van der Waals surface area contributed by atoms with Gasteiger partial charge in [0.1, 0.15) is 5.54 Å². The van der Waals surface area contributed by atoms with E-state index in [1.54, 1.807) is 0 Å². The number of nitrogens with zero attached hydrogens (tertiary/aromatic N) is 1. The number of amides is 1. The van der Waals surface area contributed by atoms with Crippen LogP contribution in [0.3, 0.4) is 0 Å². The van der Waals surface area contributed by atoms with Crippen molar-refractivity contribution in [2.45, 2.75) is 78.1 Å². The Bertz CT molecular complexity index is 438. The molecule has 3 N–H and O–H groups in total. The van der Waals surface area contributed by atoms with E-state index in [1.807, 2.05) is 0 Å². The van der Waals surface area contributed by atoms with E-state index in [0.29, 0.717) is 18.6 Å². The summed E-state index contributed by atoms with van der Waals surface area (Å²) in [6.45, 7) is 15.2. The standard InChI is InChI=1S/C18H35N3O2.2ClH/c1-12(2)21(13(3)4)10-9-20-16(22)18(19)14-8-7-11-23-15(14)17(18,5)6;;/h12-15H,7-11,19H2,1-6H3,(H,20,22);2*1H. The molecule has 1 saturated carbocycles. The lowest BCUT2D eigenvalue weighted by molar-refractivity contribution is -0.225. The summed E-state index contributed by atoms with van der Waals surface area (Å²) in [5, 5.41) is 3.09. The lowest BCUT2D eigenvalue weighted by Gasteiger charge is -2.65. The second-order valence-electron chi connectivity index (χ2n) is 8.31. The van der Waals surface area contributed by atoms with Gasteiger partial charge in [0.2, 0.25) is 5.91 Å². The van der Waals surface area contributed by atoms with Crippen LogP contribution >= 0.6 is 24.8 Å². The Morgan fingerprint density at radius 1 is 1.24 bits per heavy atom. The third-order valence-corrected chi connectivity index (χ3v) is 6.04. The Kier molecular flexibility index (Phi) is 9.20. The zero-order valence-corrected chi connectivity index (χ0v) is 18.1. The van der Waals surface area contributed by atoms with E-state index in [-0.39, 0.29) is 48.2 Å². The van der Waals surface area contributed by atoms with Gasteiger partial charge in [-0.2, -0.15) is 0 Å². The summed E-state index contributed by atoms with van der Waals surface area (Å²) in [4.78, 5) is 15.2. The number of halogens is 2. The van der Waals surface area contributed by atoms with E-state index in [4.69, 9.17) is 10.5 Å². The van der Waals surface area contributed by atoms with Crippen LogP contribution in [0.4, 0.5) is 0 Å². The van der Waals surface area contributed by atoms with Crippen LogP contribution in [0.2, 0.25) is 0 Å². The minimum atomic E-state index is -0.807. The first kappa shape index (κ1) is 24.9. The van der Waals surface area contributed by atoms with Crippen LogP contribution in [0, 0.1) is 11.3 Å². The van der Waals surface area contributed by atoms with Crippen molar-refractivity contribution < 1.29 is 9.53 Å². The third kappa shape index (κ3) is 4.27. The van der Waals surface area contributed by atoms with E-state index in [0.717, 1.165) is 26.0 Å². The molecule has 150 valence electrons. The Hall–Kier alpha value is -0.0700. The highest BCUT2D eigenvalue weighted by Crippen LogP contribution is 2.57. The molecule has 0 aromatic rings. The van der Waals surface area contributed by atoms with E-state index in [2.05, 4.69) is 51.8 Å². The topological polar surface area (TPSA) is 67.6 Å². The van der Waals surface area contributed by atoms with Gasteiger partial charge in [-0.15, -0.1) is 24.8 Å². The maximum Gasteiger partial charge on any atom is 0.241 e. The van der Waals surface area contributed by atoms with Crippen LogP contribution in [0.5, 0.6) is 0 Å². The molecule has 25 heavy (non-hydrogen) atoms. The van der Waals surface area contributed by atoms with Gasteiger partial charge in [-0.25, -0.2) is 0 Å². The quantitative estimate of drug-likeness (QED) is 0.722. The number of nitrogens with two attached hydrogens (primary N) is 1. The Balaban J connectivity index is 0.00000288. The smallest absolute Gasteiger partial charge is 0.241 e. The van der Waals surface area contributed by atoms with Crippen LogP contribution in [-0.2, 0) is 9.53 Å². The van der Waals surface area contributed by atoms with E-state index < -0.39 is 5.54 Å². The van der Waals surface area contributed by atoms with Gasteiger partial charge in [0.15, 0.2) is 0 Å². The van der Waals surface area contributed by atoms with Gasteiger partial charge in [0, 0.05) is 43.1 Å². The summed E-state index contributed by atoms with van der Waals surface area (Å²) in [5.41, 5.74) is 5.50. The molecule has 0 aromatic carbocycles. The molecule has 1 heterocycles. The Labute approximate surface area is 165 Å². The molecule has 1 aliphatic carbocycles. The molecule has 1 amide bonds. The first-order chi connectivity index (χ1) is 10.6. The van der Waals surface area contributed by atoms with Crippen LogP contribution in [-0.4, -0.2) is 54.2 Å². The molecule has 0 spiro atoms. The van der Waals surface area contributed by atoms with Crippen molar-refractivity contribution in [2.24, 2.45) is 17.1 Å². The molecule has 2 rings (SSSR count). The SMILES string of the molecule is CC(C)N(CCNC(=O)C1(N)C2CCCOC2C1(C)C)C(C)C.Cl.Cl. The van der Waals surface area contributed by atoms with E-state index in [1.165, 1.54) is 0 Å². The molecule has 0 aromatic heterocycles. The number of carbonyl (C=O) groups excluding carboxylic acids is 1. The summed E-state index contributed by atoms with van der Waals surface area (Å²) in [6, 6.07) is 0.935. The van der Waals surface area contributed by atoms with Gasteiger partial charge >= 0.3 is 0 Å². The van der Waals surface area contributed by atoms with Gasteiger partial charge in [-0.3, -0.25) is 9.69 Å². The summed E-state index contributed by atoms with van der Waals surface area (Å²) in [5.74, 6) is 0.138. The molecular weight excluding hydrogens is 361 g/mol. The third-order valence-electron chi connectivity index (χ3n) is 6.04. The lowest BCUT2D eigenvalue weighted by Crippen LogP contribution is -2.82. The van der Waals surface area contributed by atoms with Crippen molar-refractivity contribution >= 4 is 30.7 Å². The van der Waals surface area contributed by atoms with Crippen molar-refractivity contribution in [3.8, 4) is 0 Å². The second kappa shape index (κ2) is 9.23. The van der Waals surface area contributed by atoms with Gasteiger partial charge in [0.25, 0.3) is 0 Å². The monoisotopic (exact) mass is 397 g/mol. The van der Waals surface area contributed by atoms with E-state index in [9.17, 15) is 4.79 Å². The minimum absolute atomic E-state index is 0. The van der Waals surface area contributed by atoms with Crippen molar-refractivity contribution in [1.29, 1.82) is 0 Å². The summed E-state index contributed by atoms with van der Waals surface area (Å²) < 4.78 is 5.88. The number of ether oxygens (including phenoxy) is 1. The zero-order valence-electron chi connectivity index (χ0n) is 16.5. The highest BCUT2D eigenvalue weighted by Gasteiger charge is 2.70. The number of rotatable bonds is 6. The van der Waals surface area contributed by atoms with Gasteiger partial charge < -0.3 is 15.8 Å². The number of fused-ring (bicyclic) bond motifs is 1. The van der Waals surface area contributed by atoms with Crippen LogP contribution in [0.25, 0.3) is 0 Å². The highest BCUT2D eigenvalue weighted by molar-refractivity contribution is 5.89. The molecule has 2 aliphatic rings. The number of hydrogen-bond donors (Lipinski definition) is 2. The van der Waals surface area contributed by atoms with Crippen LogP contribution < -0.4 is 11.1 Å². The van der Waals surface area contributed by atoms with Gasteiger partial charge in [-0.05, 0) is 40.5 Å². The van der Waals surface area contributed by atoms with Crippen molar-refractivity contribution in [3.05, 3.63) is 0 Å². The molecule has 2 fully saturated rings. The highest BCUT2D eigenvalue weighted by atomic mass is 35.5. The Morgan fingerprint density at radius 2 is 1.80 bits per heavy atom. The van der Waals surface area contributed by atoms with Gasteiger partial charge in [-0.1, -0.05) is 13.8 Å². The largest absolute Gasteiger partial charge is 0.377 e. The molecule has 3 unspecified atom stereocenters. The van der Waals surface area contributed by atoms with Gasteiger partial charge in [0.05, 0.1) is 6.10 Å². The number of hydrogen-bond acceptors (Lipinski definition) is 4. The predicted molar refractivity (Wildman–Crippen MR) is 108 cm³/mol. The zero-order chi connectivity index (χ0) is 17.4. The minimum Gasteiger partial charge on any atom is -0.377 e. The molecule has 0 radical (unpaired) electrons. The van der Waals surface area contributed by atoms with E-state index >= 15 is 0 Å². The predicted octanol–water partition coefficient (Wildman–Crippen LogP) is 2.60. The fraction of sp³-hybridized carbons (Fsp3) is 0.944. The van der Waals surface area contributed by atoms with Crippen molar-refractivity contribution in [1.82, 2.24) is 10.2 Å². The summed E-state index contributed by atoms with van der Waals surface area (Å²) >= 11 is 0. The van der Waals surface area contributed by atoms with Crippen LogP contribution in [0.15, 0.2) is 0 Å². The first-order valence-electron chi connectivity index (χ1n) is 9.08. The van der Waals surface area contributed by atoms with Crippen LogP contribution in [0.1, 0.15) is 54.4 Å². The number of carbonyl (C=O) groups is 1.